The zero-order valence-electron chi connectivity index (χ0n) is 17.6. The number of carbonyl (C=O) groups excluding carboxylic acids is 1. The molecule has 34 heavy (non-hydrogen) atoms. The van der Waals surface area contributed by atoms with Crippen molar-refractivity contribution >= 4 is 11.9 Å². The van der Waals surface area contributed by atoms with E-state index in [9.17, 15) is 22.4 Å². The summed E-state index contributed by atoms with van der Waals surface area (Å²) in [7, 11) is 1.72. The van der Waals surface area contributed by atoms with E-state index in [0.29, 0.717) is 23.8 Å². The first-order chi connectivity index (χ1) is 16.2. The van der Waals surface area contributed by atoms with Crippen LogP contribution in [-0.2, 0) is 6.18 Å². The van der Waals surface area contributed by atoms with Gasteiger partial charge in [0, 0.05) is 36.8 Å². The number of nitrogens with one attached hydrogen (secondary N) is 1. The minimum absolute atomic E-state index is 0.206. The summed E-state index contributed by atoms with van der Waals surface area (Å²) in [5.41, 5.74) is 1.66. The number of nitrogens with zero attached hydrogens (tertiary/aromatic N) is 4. The topological polar surface area (TPSA) is 97.3 Å². The van der Waals surface area contributed by atoms with Gasteiger partial charge in [-0.05, 0) is 36.4 Å². The Labute approximate surface area is 190 Å². The lowest BCUT2D eigenvalue weighted by Gasteiger charge is -2.14. The largest absolute Gasteiger partial charge is 0.471 e. The summed E-state index contributed by atoms with van der Waals surface area (Å²) in [5, 5.41) is 6.04. The van der Waals surface area contributed by atoms with Gasteiger partial charge < -0.3 is 19.2 Å². The molecule has 0 unspecified atom stereocenters. The fraction of sp³-hybridized carbons (Fsp3) is 0.182. The van der Waals surface area contributed by atoms with Crippen molar-refractivity contribution in [1.82, 2.24) is 20.4 Å². The van der Waals surface area contributed by atoms with Crippen LogP contribution >= 0.6 is 0 Å². The summed E-state index contributed by atoms with van der Waals surface area (Å²) < 4.78 is 60.7. The number of likely N-dealkylation sites (N-methyl/N-ethyl adjacent to an activating group) is 1. The van der Waals surface area contributed by atoms with Gasteiger partial charge in [0.1, 0.15) is 17.8 Å². The molecule has 4 rings (SSSR count). The lowest BCUT2D eigenvalue weighted by Crippen LogP contribution is -2.33. The molecule has 1 amide bonds. The lowest BCUT2D eigenvalue weighted by molar-refractivity contribution is -0.159. The number of oxazole rings is 1. The lowest BCUT2D eigenvalue weighted by atomic mass is 10.1. The molecule has 0 aliphatic heterocycles. The van der Waals surface area contributed by atoms with Crippen LogP contribution in [0.3, 0.4) is 0 Å². The van der Waals surface area contributed by atoms with Gasteiger partial charge in [0.2, 0.25) is 5.82 Å². The van der Waals surface area contributed by atoms with E-state index in [4.69, 9.17) is 4.42 Å². The Morgan fingerprint density at radius 2 is 1.85 bits per heavy atom. The third kappa shape index (κ3) is 5.22. The monoisotopic (exact) mass is 475 g/mol. The summed E-state index contributed by atoms with van der Waals surface area (Å²) in [5.74, 6) is -2.53. The summed E-state index contributed by atoms with van der Waals surface area (Å²) >= 11 is 0. The van der Waals surface area contributed by atoms with Crippen molar-refractivity contribution in [2.24, 2.45) is 0 Å². The minimum Gasteiger partial charge on any atom is -0.431 e. The Hall–Kier alpha value is -4.22. The summed E-state index contributed by atoms with van der Waals surface area (Å²) in [6, 6.07) is 12.0. The normalized spacial score (nSPS) is 11.4. The number of aromatic nitrogens is 3. The molecule has 0 atom stereocenters. The molecule has 0 saturated heterocycles. The van der Waals surface area contributed by atoms with E-state index >= 15 is 0 Å². The molecule has 176 valence electrons. The van der Waals surface area contributed by atoms with Crippen molar-refractivity contribution in [2.45, 2.75) is 6.18 Å². The fourth-order valence-electron chi connectivity index (χ4n) is 2.98. The molecule has 8 nitrogen and oxygen atoms in total. The first-order valence-electron chi connectivity index (χ1n) is 9.93. The van der Waals surface area contributed by atoms with Crippen LogP contribution in [0.4, 0.5) is 23.6 Å². The van der Waals surface area contributed by atoms with Crippen LogP contribution < -0.4 is 10.2 Å². The van der Waals surface area contributed by atoms with Gasteiger partial charge in [-0.2, -0.15) is 23.1 Å². The van der Waals surface area contributed by atoms with Crippen molar-refractivity contribution in [1.29, 1.82) is 0 Å². The van der Waals surface area contributed by atoms with Crippen LogP contribution in [0, 0.1) is 5.82 Å². The maximum Gasteiger partial charge on any atom is 0.471 e. The molecule has 2 aromatic heterocycles. The van der Waals surface area contributed by atoms with Gasteiger partial charge in [-0.15, -0.1) is 0 Å². The average Bonchev–Trinajstić information content (AvgIpc) is 3.50. The zero-order valence-corrected chi connectivity index (χ0v) is 17.6. The number of halogens is 4. The van der Waals surface area contributed by atoms with Gasteiger partial charge in [0.15, 0.2) is 0 Å². The predicted octanol–water partition coefficient (Wildman–Crippen LogP) is 4.42. The Morgan fingerprint density at radius 3 is 2.56 bits per heavy atom. The van der Waals surface area contributed by atoms with E-state index in [1.165, 1.54) is 42.7 Å². The second-order valence-electron chi connectivity index (χ2n) is 7.20. The van der Waals surface area contributed by atoms with E-state index < -0.39 is 18.0 Å². The molecule has 0 saturated carbocycles. The molecular formula is C22H17F4N5O3. The van der Waals surface area contributed by atoms with Crippen LogP contribution in [0.5, 0.6) is 0 Å². The van der Waals surface area contributed by atoms with Crippen LogP contribution in [0.25, 0.3) is 22.6 Å². The third-order valence-electron chi connectivity index (χ3n) is 4.74. The molecule has 0 spiro atoms. The molecule has 2 aromatic carbocycles. The van der Waals surface area contributed by atoms with E-state index in [2.05, 4.69) is 25.0 Å². The number of anilines is 1. The summed E-state index contributed by atoms with van der Waals surface area (Å²) in [4.78, 5) is 21.8. The summed E-state index contributed by atoms with van der Waals surface area (Å²) in [6.07, 6.45) is -3.31. The molecule has 4 aromatic rings. The van der Waals surface area contributed by atoms with Crippen molar-refractivity contribution < 1.29 is 31.3 Å². The van der Waals surface area contributed by atoms with E-state index in [0.717, 1.165) is 0 Å². The molecular weight excluding hydrogens is 458 g/mol. The maximum atomic E-state index is 13.1. The first kappa shape index (κ1) is 23.0. The highest BCUT2D eigenvalue weighted by Crippen LogP contribution is 2.29. The number of amides is 1. The van der Waals surface area contributed by atoms with Gasteiger partial charge in [-0.3, -0.25) is 4.79 Å². The maximum absolute atomic E-state index is 13.1. The second-order valence-corrected chi connectivity index (χ2v) is 7.20. The number of benzene rings is 2. The van der Waals surface area contributed by atoms with E-state index in [-0.39, 0.29) is 29.3 Å². The van der Waals surface area contributed by atoms with Gasteiger partial charge in [0.05, 0.1) is 0 Å². The second kappa shape index (κ2) is 9.33. The minimum atomic E-state index is -4.76. The van der Waals surface area contributed by atoms with Crippen LogP contribution in [0.15, 0.2) is 63.7 Å². The number of carbonyl (C=O) groups is 1. The molecule has 2 heterocycles. The van der Waals surface area contributed by atoms with Crippen LogP contribution in [0.1, 0.15) is 16.2 Å². The number of hydrogen-bond acceptors (Lipinski definition) is 7. The molecule has 0 aliphatic rings. The standard InChI is InChI=1S/C22H17F4N5O3/c1-31(21-28-17(12-33-21)13-5-7-16(23)8-6-13)10-9-27-19(32)15-4-2-3-14(11-15)18-29-20(34-30-18)22(24,25)26/h2-8,11-12H,9-10H2,1H3,(H,27,32). The number of rotatable bonds is 7. The molecule has 0 radical (unpaired) electrons. The Kier molecular flexibility index (Phi) is 6.30. The first-order valence-corrected chi connectivity index (χ1v) is 9.93. The van der Waals surface area contributed by atoms with Gasteiger partial charge in [-0.25, -0.2) is 4.39 Å². The number of alkyl halides is 3. The Bertz CT molecular complexity index is 1280. The highest BCUT2D eigenvalue weighted by molar-refractivity contribution is 5.95. The summed E-state index contributed by atoms with van der Waals surface area (Å²) in [6.45, 7) is 0.586. The Morgan fingerprint density at radius 1 is 1.09 bits per heavy atom. The fourth-order valence-corrected chi connectivity index (χ4v) is 2.98. The van der Waals surface area contributed by atoms with Crippen molar-refractivity contribution in [3.8, 4) is 22.6 Å². The Balaban J connectivity index is 1.34. The molecule has 0 aliphatic carbocycles. The van der Waals surface area contributed by atoms with Crippen LogP contribution in [0.2, 0.25) is 0 Å². The van der Waals surface area contributed by atoms with Crippen molar-refractivity contribution in [3.05, 3.63) is 72.1 Å². The smallest absolute Gasteiger partial charge is 0.431 e. The van der Waals surface area contributed by atoms with Crippen molar-refractivity contribution in [3.63, 3.8) is 0 Å². The van der Waals surface area contributed by atoms with Gasteiger partial charge in [-0.1, -0.05) is 17.3 Å². The predicted molar refractivity (Wildman–Crippen MR) is 112 cm³/mol. The van der Waals surface area contributed by atoms with E-state index in [1.54, 1.807) is 24.1 Å². The van der Waals surface area contributed by atoms with E-state index in [1.807, 2.05) is 0 Å². The van der Waals surface area contributed by atoms with Gasteiger partial charge >= 0.3 is 12.1 Å². The quantitative estimate of drug-likeness (QED) is 0.395. The molecule has 0 bridgehead atoms. The third-order valence-corrected chi connectivity index (χ3v) is 4.74. The molecule has 1 N–H and O–H groups in total. The molecule has 12 heteroatoms. The number of hydrogen-bond donors (Lipinski definition) is 1. The zero-order chi connectivity index (χ0) is 24.3. The highest BCUT2D eigenvalue weighted by atomic mass is 19.4. The van der Waals surface area contributed by atoms with Crippen LogP contribution in [-0.4, -0.2) is 41.2 Å². The molecule has 0 fully saturated rings. The SMILES string of the molecule is CN(CCNC(=O)c1cccc(-c2noc(C(F)(F)F)n2)c1)c1nc(-c2ccc(F)cc2)co1. The van der Waals surface area contributed by atoms with Crippen molar-refractivity contribution in [2.75, 3.05) is 25.0 Å². The highest BCUT2D eigenvalue weighted by Gasteiger charge is 2.38. The average molecular weight is 475 g/mol. The van der Waals surface area contributed by atoms with Gasteiger partial charge in [0.25, 0.3) is 11.9 Å².